The van der Waals surface area contributed by atoms with Crippen LogP contribution in [0.1, 0.15) is 25.5 Å². The van der Waals surface area contributed by atoms with Crippen LogP contribution >= 0.6 is 0 Å². The van der Waals surface area contributed by atoms with Gasteiger partial charge in [0.2, 0.25) is 5.88 Å². The van der Waals surface area contributed by atoms with Crippen LogP contribution in [0.5, 0.6) is 5.88 Å². The van der Waals surface area contributed by atoms with E-state index in [4.69, 9.17) is 0 Å². The first-order chi connectivity index (χ1) is 8.41. The first-order valence-electron chi connectivity index (χ1n) is 5.51. The van der Waals surface area contributed by atoms with Crippen molar-refractivity contribution in [2.45, 2.75) is 26.8 Å². The summed E-state index contributed by atoms with van der Waals surface area (Å²) in [4.78, 5) is 25.2. The molecule has 0 fully saturated rings. The lowest BCUT2D eigenvalue weighted by Crippen LogP contribution is -2.30. The van der Waals surface area contributed by atoms with Gasteiger partial charge in [-0.3, -0.25) is 14.5 Å². The quantitative estimate of drug-likeness (QED) is 0.802. The lowest BCUT2D eigenvalue weighted by atomic mass is 10.3. The second-order valence-electron chi connectivity index (χ2n) is 4.32. The molecule has 0 aliphatic carbocycles. The van der Waals surface area contributed by atoms with Crippen LogP contribution in [0.2, 0.25) is 0 Å². The molecule has 0 unspecified atom stereocenters. The molecule has 0 spiro atoms. The monoisotopic (exact) mass is 250 g/mol. The summed E-state index contributed by atoms with van der Waals surface area (Å²) in [5.41, 5.74) is -0.783. The van der Waals surface area contributed by atoms with Gasteiger partial charge < -0.3 is 5.11 Å². The van der Waals surface area contributed by atoms with Crippen molar-refractivity contribution in [3.8, 4) is 11.6 Å². The molecule has 0 aliphatic heterocycles. The molecule has 7 heteroatoms. The van der Waals surface area contributed by atoms with E-state index in [1.807, 2.05) is 13.8 Å². The topological polar surface area (TPSA) is 92.9 Å². The fourth-order valence-corrected chi connectivity index (χ4v) is 1.58. The maximum absolute atomic E-state index is 11.7. The van der Waals surface area contributed by atoms with Crippen molar-refractivity contribution in [2.75, 3.05) is 0 Å². The third-order valence-electron chi connectivity index (χ3n) is 2.69. The van der Waals surface area contributed by atoms with Crippen LogP contribution in [0.15, 0.2) is 22.0 Å². The van der Waals surface area contributed by atoms with Gasteiger partial charge in [0.15, 0.2) is 0 Å². The van der Waals surface area contributed by atoms with Gasteiger partial charge in [-0.2, -0.15) is 5.10 Å². The number of nitrogens with one attached hydrogen (secondary N) is 1. The fourth-order valence-electron chi connectivity index (χ4n) is 1.58. The Morgan fingerprint density at radius 1 is 1.39 bits per heavy atom. The Hall–Kier alpha value is -2.31. The summed E-state index contributed by atoms with van der Waals surface area (Å²) in [6.45, 7) is 5.33. The lowest BCUT2D eigenvalue weighted by Gasteiger charge is -2.07. The molecule has 2 heterocycles. The van der Waals surface area contributed by atoms with Crippen LogP contribution in [0.4, 0.5) is 0 Å². The van der Waals surface area contributed by atoms with Crippen molar-refractivity contribution < 1.29 is 5.11 Å². The van der Waals surface area contributed by atoms with Crippen molar-refractivity contribution in [2.24, 2.45) is 0 Å². The van der Waals surface area contributed by atoms with E-state index in [1.165, 1.54) is 13.1 Å². The first kappa shape index (κ1) is 12.2. The Balaban J connectivity index is 2.67. The van der Waals surface area contributed by atoms with Gasteiger partial charge in [-0.1, -0.05) is 0 Å². The molecule has 0 radical (unpaired) electrons. The highest BCUT2D eigenvalue weighted by Crippen LogP contribution is 2.15. The number of aromatic hydroxyl groups is 1. The van der Waals surface area contributed by atoms with Crippen LogP contribution in [0, 0.1) is 6.92 Å². The minimum absolute atomic E-state index is 0.0897. The fraction of sp³-hybridized carbons (Fsp3) is 0.364. The normalized spacial score (nSPS) is 11.1. The minimum atomic E-state index is -0.689. The molecule has 0 saturated carbocycles. The lowest BCUT2D eigenvalue weighted by molar-refractivity contribution is 0.426. The Morgan fingerprint density at radius 3 is 2.61 bits per heavy atom. The SMILES string of the molecule is Cc1c(O)n(-c2cnn(C(C)C)c2)c(=O)[nH]c1=O. The zero-order valence-corrected chi connectivity index (χ0v) is 10.3. The van der Waals surface area contributed by atoms with Gasteiger partial charge in [0.25, 0.3) is 5.56 Å². The summed E-state index contributed by atoms with van der Waals surface area (Å²) >= 11 is 0. The predicted octanol–water partition coefficient (Wildman–Crippen LogP) is 0.317. The Bertz CT molecular complexity index is 693. The summed E-state index contributed by atoms with van der Waals surface area (Å²) in [6.07, 6.45) is 3.09. The van der Waals surface area contributed by atoms with E-state index >= 15 is 0 Å². The van der Waals surface area contributed by atoms with E-state index in [9.17, 15) is 14.7 Å². The molecule has 0 aliphatic rings. The smallest absolute Gasteiger partial charge is 0.335 e. The molecule has 0 bridgehead atoms. The van der Waals surface area contributed by atoms with E-state index in [1.54, 1.807) is 10.9 Å². The average Bonchev–Trinajstić information content (AvgIpc) is 2.75. The maximum atomic E-state index is 11.7. The summed E-state index contributed by atoms with van der Waals surface area (Å²) < 4.78 is 2.67. The Morgan fingerprint density at radius 2 is 2.06 bits per heavy atom. The molecule has 2 aromatic rings. The third-order valence-corrected chi connectivity index (χ3v) is 2.69. The van der Waals surface area contributed by atoms with Crippen molar-refractivity contribution in [3.63, 3.8) is 0 Å². The van der Waals surface area contributed by atoms with Crippen LogP contribution in [0.3, 0.4) is 0 Å². The van der Waals surface area contributed by atoms with Gasteiger partial charge in [0.05, 0.1) is 17.4 Å². The number of aromatic amines is 1. The van der Waals surface area contributed by atoms with Crippen LogP contribution in [-0.4, -0.2) is 24.4 Å². The number of nitrogens with zero attached hydrogens (tertiary/aromatic N) is 3. The molecular formula is C11H14N4O3. The molecule has 0 amide bonds. The molecule has 18 heavy (non-hydrogen) atoms. The van der Waals surface area contributed by atoms with E-state index in [2.05, 4.69) is 10.1 Å². The maximum Gasteiger partial charge on any atom is 0.335 e. The van der Waals surface area contributed by atoms with Crippen LogP contribution in [-0.2, 0) is 0 Å². The first-order valence-corrected chi connectivity index (χ1v) is 5.51. The van der Waals surface area contributed by atoms with Crippen molar-refractivity contribution in [3.05, 3.63) is 38.8 Å². The average molecular weight is 250 g/mol. The number of hydrogen-bond donors (Lipinski definition) is 2. The van der Waals surface area contributed by atoms with Gasteiger partial charge >= 0.3 is 5.69 Å². The highest BCUT2D eigenvalue weighted by atomic mass is 16.3. The van der Waals surface area contributed by atoms with Crippen LogP contribution < -0.4 is 11.2 Å². The van der Waals surface area contributed by atoms with Gasteiger partial charge in [-0.05, 0) is 20.8 Å². The summed E-state index contributed by atoms with van der Waals surface area (Å²) in [6, 6.07) is 0.139. The van der Waals surface area contributed by atoms with E-state index in [0.29, 0.717) is 5.69 Å². The van der Waals surface area contributed by atoms with Crippen LogP contribution in [0.25, 0.3) is 5.69 Å². The predicted molar refractivity (Wildman–Crippen MR) is 65.2 cm³/mol. The number of aromatic nitrogens is 4. The van der Waals surface area contributed by atoms with E-state index < -0.39 is 11.2 Å². The van der Waals surface area contributed by atoms with Crippen molar-refractivity contribution in [1.82, 2.24) is 19.3 Å². The van der Waals surface area contributed by atoms with E-state index in [0.717, 1.165) is 4.57 Å². The molecule has 2 N–H and O–H groups in total. The van der Waals surface area contributed by atoms with Crippen molar-refractivity contribution in [1.29, 1.82) is 0 Å². The molecule has 2 aromatic heterocycles. The zero-order valence-electron chi connectivity index (χ0n) is 10.3. The number of H-pyrrole nitrogens is 1. The summed E-state index contributed by atoms with van der Waals surface area (Å²) in [7, 11) is 0. The highest BCUT2D eigenvalue weighted by Gasteiger charge is 2.13. The molecule has 0 atom stereocenters. The van der Waals surface area contributed by atoms with Crippen molar-refractivity contribution >= 4 is 0 Å². The Kier molecular flexibility index (Phi) is 2.82. The van der Waals surface area contributed by atoms with Gasteiger partial charge in [-0.25, -0.2) is 9.36 Å². The largest absolute Gasteiger partial charge is 0.494 e. The Labute approximate surface area is 102 Å². The standard InChI is InChI=1S/C11H14N4O3/c1-6(2)14-5-8(4-12-14)15-10(17)7(3)9(16)13-11(15)18/h4-6,17H,1-3H3,(H,13,16,18). The van der Waals surface area contributed by atoms with Gasteiger partial charge in [-0.15, -0.1) is 0 Å². The second kappa shape index (κ2) is 4.17. The summed E-state index contributed by atoms with van der Waals surface area (Å²) in [5.74, 6) is -0.368. The third kappa shape index (κ3) is 1.83. The molecule has 0 saturated heterocycles. The van der Waals surface area contributed by atoms with Gasteiger partial charge in [0.1, 0.15) is 0 Å². The number of rotatable bonds is 2. The zero-order chi connectivity index (χ0) is 13.4. The molecule has 0 aromatic carbocycles. The molecule has 96 valence electrons. The molecule has 7 nitrogen and oxygen atoms in total. The minimum Gasteiger partial charge on any atom is -0.494 e. The van der Waals surface area contributed by atoms with Gasteiger partial charge in [0, 0.05) is 12.2 Å². The molecular weight excluding hydrogens is 236 g/mol. The second-order valence-corrected chi connectivity index (χ2v) is 4.32. The molecule has 2 rings (SSSR count). The van der Waals surface area contributed by atoms with E-state index in [-0.39, 0.29) is 17.5 Å². The number of hydrogen-bond acceptors (Lipinski definition) is 4. The summed E-state index contributed by atoms with van der Waals surface area (Å²) in [5, 5.41) is 13.9. The highest BCUT2D eigenvalue weighted by molar-refractivity contribution is 5.34.